The molecule has 4 unspecified atom stereocenters. The second-order valence-corrected chi connectivity index (χ2v) is 13.3. The van der Waals surface area contributed by atoms with Crippen LogP contribution >= 0.6 is 11.8 Å². The number of carboxylic acids is 1. The smallest absolute Gasteiger partial charge is 0.338 e. The van der Waals surface area contributed by atoms with Crippen LogP contribution in [0.15, 0.2) is 96.2 Å². The lowest BCUT2D eigenvalue weighted by Crippen LogP contribution is -2.38. The highest BCUT2D eigenvalue weighted by Gasteiger charge is 2.38. The van der Waals surface area contributed by atoms with Crippen molar-refractivity contribution in [3.05, 3.63) is 154 Å². The maximum atomic E-state index is 14.1. The monoisotopic (exact) mass is 750 g/mol. The predicted octanol–water partition coefficient (Wildman–Crippen LogP) is 8.15. The van der Waals surface area contributed by atoms with E-state index in [2.05, 4.69) is 10.3 Å². The van der Waals surface area contributed by atoms with E-state index in [0.29, 0.717) is 27.5 Å². The van der Waals surface area contributed by atoms with Gasteiger partial charge in [-0.15, -0.1) is 11.8 Å². The molecule has 0 spiro atoms. The van der Waals surface area contributed by atoms with E-state index in [0.717, 1.165) is 16.7 Å². The van der Waals surface area contributed by atoms with Gasteiger partial charge in [-0.05, 0) is 46.0 Å². The molecule has 1 amide bonds. The Bertz CT molecular complexity index is 2110. The van der Waals surface area contributed by atoms with Crippen LogP contribution in [0.4, 0.5) is 22.0 Å². The van der Waals surface area contributed by atoms with Crippen LogP contribution in [-0.4, -0.2) is 38.9 Å². The summed E-state index contributed by atoms with van der Waals surface area (Å²) in [6, 6.07) is 24.6. The number of aromatic nitrogens is 1. The molecule has 5 aromatic rings. The maximum absolute atomic E-state index is 14.1. The average Bonchev–Trinajstić information content (AvgIpc) is 3.18. The molecule has 0 aliphatic carbocycles. The van der Waals surface area contributed by atoms with Gasteiger partial charge in [0.25, 0.3) is 5.91 Å². The first-order chi connectivity index (χ1) is 25.5. The number of carbonyl (C=O) groups excluding carboxylic acids is 1. The number of thioether (sulfide) groups is 1. The molecular weight excluding hydrogens is 719 g/mol. The molecule has 274 valence electrons. The fourth-order valence-electron chi connectivity index (χ4n) is 5.91. The van der Waals surface area contributed by atoms with Gasteiger partial charge in [-0.2, -0.15) is 0 Å². The van der Waals surface area contributed by atoms with Gasteiger partial charge in [0.2, 0.25) is 5.82 Å². The van der Waals surface area contributed by atoms with Gasteiger partial charge >= 0.3 is 5.97 Å². The number of benzene rings is 4. The number of amides is 1. The van der Waals surface area contributed by atoms with Gasteiger partial charge in [-0.25, -0.2) is 31.7 Å². The number of nitrogens with one attached hydrogen (secondary N) is 1. The Morgan fingerprint density at radius 3 is 2.11 bits per heavy atom. The number of pyridine rings is 1. The van der Waals surface area contributed by atoms with Crippen LogP contribution in [0.25, 0.3) is 11.1 Å². The van der Waals surface area contributed by atoms with Crippen molar-refractivity contribution in [1.29, 1.82) is 0 Å². The third-order valence-electron chi connectivity index (χ3n) is 8.84. The lowest BCUT2D eigenvalue weighted by atomic mass is 9.91. The highest BCUT2D eigenvalue weighted by atomic mass is 32.2. The van der Waals surface area contributed by atoms with Crippen molar-refractivity contribution in [2.45, 2.75) is 43.6 Å². The van der Waals surface area contributed by atoms with Gasteiger partial charge in [-0.3, -0.25) is 4.79 Å². The number of aliphatic hydroxyl groups excluding tert-OH is 1. The first kappa shape index (κ1) is 37.6. The molecule has 1 aliphatic heterocycles. The van der Waals surface area contributed by atoms with E-state index < -0.39 is 58.9 Å². The number of halogens is 5. The summed E-state index contributed by atoms with van der Waals surface area (Å²) in [5.74, 6) is -13.5. The Morgan fingerprint density at radius 1 is 0.792 bits per heavy atom. The van der Waals surface area contributed by atoms with Crippen LogP contribution in [0.1, 0.15) is 62.3 Å². The van der Waals surface area contributed by atoms with E-state index in [9.17, 15) is 41.8 Å². The summed E-state index contributed by atoms with van der Waals surface area (Å²) in [5.41, 5.74) is 2.80. The summed E-state index contributed by atoms with van der Waals surface area (Å²) in [6.07, 6.45) is -0.0714. The molecule has 1 fully saturated rings. The lowest BCUT2D eigenvalue weighted by molar-refractivity contribution is -0.268. The summed E-state index contributed by atoms with van der Waals surface area (Å²) >= 11 is 1.28. The molecule has 3 N–H and O–H groups in total. The SMILES string of the molecule is CC1C(CSc2ncccc2C(=O)O)OC(c2ccc(-c3cccc(CNC(=O)c4c(F)c(F)c(F)c(F)c4F)c3)cc2)OC1c1ccc(CO)cc1. The van der Waals surface area contributed by atoms with Gasteiger partial charge in [0.15, 0.2) is 29.6 Å². The van der Waals surface area contributed by atoms with Gasteiger partial charge in [0, 0.05) is 30.0 Å². The standard InChI is InChI=1S/C39H31F5N2O6S/c1-20-28(19-53-37-27(38(49)50)6-3-15-45-37)51-39(52-35(20)24-9-7-21(18-47)8-10-24)25-13-11-23(12-14-25)26-5-2-4-22(16-26)17-46-36(48)29-30(40)32(42)34(44)33(43)31(29)41/h2-16,20,28,35,39,47H,17-19H2,1H3,(H,46,48)(H,49,50). The quantitative estimate of drug-likeness (QED) is 0.0536. The number of carboxylic acid groups (broad SMARTS) is 1. The van der Waals surface area contributed by atoms with Crippen molar-refractivity contribution in [2.75, 3.05) is 5.75 Å². The number of hydrogen-bond donors (Lipinski definition) is 3. The van der Waals surface area contributed by atoms with Crippen molar-refractivity contribution in [3.8, 4) is 11.1 Å². The van der Waals surface area contributed by atoms with Crippen LogP contribution in [0.3, 0.4) is 0 Å². The van der Waals surface area contributed by atoms with Gasteiger partial charge in [0.1, 0.15) is 10.6 Å². The molecule has 0 radical (unpaired) electrons. The Morgan fingerprint density at radius 2 is 1.45 bits per heavy atom. The van der Waals surface area contributed by atoms with Crippen molar-refractivity contribution in [3.63, 3.8) is 0 Å². The van der Waals surface area contributed by atoms with Crippen molar-refractivity contribution in [2.24, 2.45) is 5.92 Å². The van der Waals surface area contributed by atoms with E-state index in [-0.39, 0.29) is 30.7 Å². The number of aliphatic hydroxyl groups is 1. The van der Waals surface area contributed by atoms with Crippen molar-refractivity contribution < 1.29 is 51.2 Å². The van der Waals surface area contributed by atoms with Crippen LogP contribution in [0.2, 0.25) is 0 Å². The largest absolute Gasteiger partial charge is 0.478 e. The van der Waals surface area contributed by atoms with Crippen LogP contribution < -0.4 is 5.32 Å². The predicted molar refractivity (Wildman–Crippen MR) is 184 cm³/mol. The highest BCUT2D eigenvalue weighted by molar-refractivity contribution is 7.99. The number of carbonyl (C=O) groups is 2. The number of hydrogen-bond acceptors (Lipinski definition) is 7. The van der Waals surface area contributed by atoms with Gasteiger partial charge < -0.3 is 25.0 Å². The minimum atomic E-state index is -2.35. The molecule has 2 heterocycles. The highest BCUT2D eigenvalue weighted by Crippen LogP contribution is 2.43. The minimum absolute atomic E-state index is 0.0911. The van der Waals surface area contributed by atoms with Crippen molar-refractivity contribution in [1.82, 2.24) is 10.3 Å². The zero-order chi connectivity index (χ0) is 37.8. The number of aromatic carboxylic acids is 1. The Balaban J connectivity index is 1.19. The van der Waals surface area contributed by atoms with Crippen molar-refractivity contribution >= 4 is 23.6 Å². The molecule has 1 aliphatic rings. The zero-order valence-electron chi connectivity index (χ0n) is 27.9. The van der Waals surface area contributed by atoms with Crippen LogP contribution in [-0.2, 0) is 22.6 Å². The van der Waals surface area contributed by atoms with E-state index >= 15 is 0 Å². The van der Waals surface area contributed by atoms with E-state index in [1.807, 2.05) is 55.5 Å². The second-order valence-electron chi connectivity index (χ2n) is 12.2. The number of rotatable bonds is 11. The summed E-state index contributed by atoms with van der Waals surface area (Å²) in [7, 11) is 0. The normalized spacial score (nSPS) is 18.5. The summed E-state index contributed by atoms with van der Waals surface area (Å²) in [5, 5.41) is 21.8. The summed E-state index contributed by atoms with van der Waals surface area (Å²) < 4.78 is 81.9. The lowest BCUT2D eigenvalue weighted by Gasteiger charge is -2.41. The third-order valence-corrected chi connectivity index (χ3v) is 9.94. The Kier molecular flexibility index (Phi) is 11.5. The van der Waals surface area contributed by atoms with Gasteiger partial charge in [0.05, 0.1) is 24.4 Å². The number of nitrogens with zero attached hydrogens (tertiary/aromatic N) is 1. The number of ether oxygens (including phenoxy) is 2. The first-order valence-electron chi connectivity index (χ1n) is 16.3. The fourth-order valence-corrected chi connectivity index (χ4v) is 7.06. The zero-order valence-corrected chi connectivity index (χ0v) is 28.7. The molecule has 53 heavy (non-hydrogen) atoms. The molecule has 4 aromatic carbocycles. The van der Waals surface area contributed by atoms with Crippen LogP contribution in [0.5, 0.6) is 0 Å². The summed E-state index contributed by atoms with van der Waals surface area (Å²) in [6.45, 7) is 1.62. The fraction of sp³-hybridized carbons (Fsp3) is 0.205. The van der Waals surface area contributed by atoms with Gasteiger partial charge in [-0.1, -0.05) is 73.7 Å². The third kappa shape index (κ3) is 8.10. The van der Waals surface area contributed by atoms with E-state index in [4.69, 9.17) is 9.47 Å². The van der Waals surface area contributed by atoms with Crippen LogP contribution in [0, 0.1) is 35.0 Å². The molecule has 0 saturated carbocycles. The molecule has 6 rings (SSSR count). The molecule has 14 heteroatoms. The second kappa shape index (κ2) is 16.3. The molecule has 4 atom stereocenters. The van der Waals surface area contributed by atoms with E-state index in [1.165, 1.54) is 24.0 Å². The Labute approximate surface area is 304 Å². The minimum Gasteiger partial charge on any atom is -0.478 e. The molecular formula is C39H31F5N2O6S. The first-order valence-corrected chi connectivity index (χ1v) is 17.3. The van der Waals surface area contributed by atoms with E-state index in [1.54, 1.807) is 30.3 Å². The molecule has 8 nitrogen and oxygen atoms in total. The molecule has 1 saturated heterocycles. The Hall–Kier alpha value is -5.15. The average molecular weight is 751 g/mol. The maximum Gasteiger partial charge on any atom is 0.338 e. The molecule has 1 aromatic heterocycles. The molecule has 0 bridgehead atoms. The summed E-state index contributed by atoms with van der Waals surface area (Å²) in [4.78, 5) is 28.5. The topological polar surface area (TPSA) is 118 Å².